The summed E-state index contributed by atoms with van der Waals surface area (Å²) in [6.07, 6.45) is 7.93. The molecule has 4 rings (SSSR count). The summed E-state index contributed by atoms with van der Waals surface area (Å²) >= 11 is 0. The molecular formula is C27H26. The van der Waals surface area contributed by atoms with E-state index in [2.05, 4.69) is 117 Å². The molecule has 0 N–H and O–H groups in total. The van der Waals surface area contributed by atoms with Crippen LogP contribution in [0.1, 0.15) is 35.6 Å². The van der Waals surface area contributed by atoms with Crippen LogP contribution in [0.25, 0.3) is 0 Å². The van der Waals surface area contributed by atoms with E-state index < -0.39 is 0 Å². The number of hydrogen-bond acceptors (Lipinski definition) is 0. The largest absolute Gasteiger partial charge is 0.0840 e. The summed E-state index contributed by atoms with van der Waals surface area (Å²) in [4.78, 5) is 0. The third-order valence-electron chi connectivity index (χ3n) is 5.76. The Kier molecular flexibility index (Phi) is 4.81. The number of allylic oxidation sites excluding steroid dienone is 4. The van der Waals surface area contributed by atoms with Gasteiger partial charge in [0.2, 0.25) is 0 Å². The Morgan fingerprint density at radius 3 is 1.74 bits per heavy atom. The SMILES string of the molecule is Cc1ccc(C(C2=CC=CCC2C)(c2ccccc2)c2ccccc2)cc1. The highest BCUT2D eigenvalue weighted by Gasteiger charge is 2.41. The van der Waals surface area contributed by atoms with Crippen LogP contribution in [0, 0.1) is 12.8 Å². The van der Waals surface area contributed by atoms with Crippen molar-refractivity contribution in [3.63, 3.8) is 0 Å². The van der Waals surface area contributed by atoms with Gasteiger partial charge in [0.15, 0.2) is 0 Å². The summed E-state index contributed by atoms with van der Waals surface area (Å²) in [6, 6.07) is 31.0. The first-order valence-electron chi connectivity index (χ1n) is 9.78. The first kappa shape index (κ1) is 17.5. The van der Waals surface area contributed by atoms with Crippen molar-refractivity contribution < 1.29 is 0 Å². The first-order valence-corrected chi connectivity index (χ1v) is 9.78. The minimum Gasteiger partial charge on any atom is -0.0840 e. The molecule has 0 fully saturated rings. The maximum Gasteiger partial charge on any atom is 0.0667 e. The van der Waals surface area contributed by atoms with Gasteiger partial charge >= 0.3 is 0 Å². The zero-order valence-electron chi connectivity index (χ0n) is 16.1. The average molecular weight is 351 g/mol. The van der Waals surface area contributed by atoms with E-state index >= 15 is 0 Å². The fraction of sp³-hybridized carbons (Fsp3) is 0.185. The average Bonchev–Trinajstić information content (AvgIpc) is 2.73. The molecule has 0 amide bonds. The number of benzene rings is 3. The normalized spacial score (nSPS) is 16.8. The third-order valence-corrected chi connectivity index (χ3v) is 5.76. The lowest BCUT2D eigenvalue weighted by Crippen LogP contribution is -2.35. The highest BCUT2D eigenvalue weighted by Crippen LogP contribution is 2.49. The molecule has 0 bridgehead atoms. The van der Waals surface area contributed by atoms with Crippen LogP contribution in [0.3, 0.4) is 0 Å². The highest BCUT2D eigenvalue weighted by molar-refractivity contribution is 5.60. The molecule has 1 unspecified atom stereocenters. The van der Waals surface area contributed by atoms with Crippen LogP contribution >= 0.6 is 0 Å². The molecule has 0 nitrogen and oxygen atoms in total. The molecule has 3 aromatic carbocycles. The Morgan fingerprint density at radius 1 is 0.704 bits per heavy atom. The van der Waals surface area contributed by atoms with Crippen molar-refractivity contribution in [3.8, 4) is 0 Å². The van der Waals surface area contributed by atoms with Crippen molar-refractivity contribution >= 4 is 0 Å². The molecule has 0 aromatic heterocycles. The number of aryl methyl sites for hydroxylation is 1. The summed E-state index contributed by atoms with van der Waals surface area (Å²) in [7, 11) is 0. The molecule has 1 aliphatic rings. The van der Waals surface area contributed by atoms with Crippen molar-refractivity contribution in [2.75, 3.05) is 0 Å². The minimum atomic E-state index is -0.277. The standard InChI is InChI=1S/C27H26/c1-21-17-19-25(20-18-21)27(23-12-5-3-6-13-23,24-14-7-4-8-15-24)26-16-10-9-11-22(26)2/h3-10,12-20,22H,11H2,1-2H3. The van der Waals surface area contributed by atoms with E-state index in [1.54, 1.807) is 0 Å². The fourth-order valence-electron chi connectivity index (χ4n) is 4.42. The van der Waals surface area contributed by atoms with Crippen molar-refractivity contribution in [2.24, 2.45) is 5.92 Å². The topological polar surface area (TPSA) is 0 Å². The van der Waals surface area contributed by atoms with Crippen LogP contribution in [-0.4, -0.2) is 0 Å². The van der Waals surface area contributed by atoms with Gasteiger partial charge in [0.05, 0.1) is 5.41 Å². The Balaban J connectivity index is 2.10. The molecule has 0 spiro atoms. The van der Waals surface area contributed by atoms with E-state index in [4.69, 9.17) is 0 Å². The van der Waals surface area contributed by atoms with Crippen molar-refractivity contribution in [1.29, 1.82) is 0 Å². The Bertz CT molecular complexity index is 904. The maximum atomic E-state index is 2.35. The predicted molar refractivity (Wildman–Crippen MR) is 115 cm³/mol. The van der Waals surface area contributed by atoms with E-state index in [1.807, 2.05) is 0 Å². The Hall–Kier alpha value is -2.86. The van der Waals surface area contributed by atoms with Crippen LogP contribution in [0.15, 0.2) is 109 Å². The molecule has 27 heavy (non-hydrogen) atoms. The Morgan fingerprint density at radius 2 is 1.22 bits per heavy atom. The van der Waals surface area contributed by atoms with Crippen LogP contribution in [0.5, 0.6) is 0 Å². The smallest absolute Gasteiger partial charge is 0.0667 e. The van der Waals surface area contributed by atoms with Gasteiger partial charge in [0.1, 0.15) is 0 Å². The molecule has 0 saturated carbocycles. The third kappa shape index (κ3) is 3.06. The van der Waals surface area contributed by atoms with Gasteiger partial charge in [-0.3, -0.25) is 0 Å². The molecule has 0 aliphatic heterocycles. The highest BCUT2D eigenvalue weighted by atomic mass is 14.4. The lowest BCUT2D eigenvalue weighted by Gasteiger charge is -2.41. The summed E-state index contributed by atoms with van der Waals surface area (Å²) in [5, 5.41) is 0. The summed E-state index contributed by atoms with van der Waals surface area (Å²) < 4.78 is 0. The second-order valence-corrected chi connectivity index (χ2v) is 7.53. The molecule has 1 atom stereocenters. The molecule has 0 heterocycles. The lowest BCUT2D eigenvalue weighted by molar-refractivity contribution is 0.568. The van der Waals surface area contributed by atoms with E-state index in [-0.39, 0.29) is 5.41 Å². The number of rotatable bonds is 4. The van der Waals surface area contributed by atoms with Gasteiger partial charge in [-0.2, -0.15) is 0 Å². The van der Waals surface area contributed by atoms with Gasteiger partial charge in [-0.25, -0.2) is 0 Å². The minimum absolute atomic E-state index is 0.277. The van der Waals surface area contributed by atoms with E-state index in [9.17, 15) is 0 Å². The maximum absolute atomic E-state index is 2.35. The van der Waals surface area contributed by atoms with Crippen molar-refractivity contribution in [2.45, 2.75) is 25.7 Å². The van der Waals surface area contributed by atoms with Gasteiger partial charge in [0.25, 0.3) is 0 Å². The monoisotopic (exact) mass is 350 g/mol. The van der Waals surface area contributed by atoms with Crippen LogP contribution in [0.2, 0.25) is 0 Å². The van der Waals surface area contributed by atoms with E-state index in [0.717, 1.165) is 6.42 Å². The molecule has 0 heteroatoms. The summed E-state index contributed by atoms with van der Waals surface area (Å²) in [5.74, 6) is 0.483. The zero-order valence-corrected chi connectivity index (χ0v) is 16.1. The first-order chi connectivity index (χ1) is 13.2. The second-order valence-electron chi connectivity index (χ2n) is 7.53. The van der Waals surface area contributed by atoms with Crippen LogP contribution in [-0.2, 0) is 5.41 Å². The molecule has 1 aliphatic carbocycles. The summed E-state index contributed by atoms with van der Waals surface area (Å²) in [6.45, 7) is 4.51. The molecule has 3 aromatic rings. The second kappa shape index (κ2) is 7.40. The van der Waals surface area contributed by atoms with Gasteiger partial charge in [-0.15, -0.1) is 0 Å². The zero-order chi connectivity index (χ0) is 18.7. The lowest BCUT2D eigenvalue weighted by atomic mass is 9.61. The number of hydrogen-bond donors (Lipinski definition) is 0. The molecule has 134 valence electrons. The van der Waals surface area contributed by atoms with E-state index in [0.29, 0.717) is 5.92 Å². The quantitative estimate of drug-likeness (QED) is 0.451. The summed E-state index contributed by atoms with van der Waals surface area (Å²) in [5.41, 5.74) is 6.46. The van der Waals surface area contributed by atoms with Crippen LogP contribution < -0.4 is 0 Å². The van der Waals surface area contributed by atoms with E-state index in [1.165, 1.54) is 27.8 Å². The van der Waals surface area contributed by atoms with Gasteiger partial charge < -0.3 is 0 Å². The predicted octanol–water partition coefficient (Wildman–Crippen LogP) is 6.85. The molecular weight excluding hydrogens is 324 g/mol. The molecule has 0 saturated heterocycles. The van der Waals surface area contributed by atoms with Crippen molar-refractivity contribution in [1.82, 2.24) is 0 Å². The Labute approximate surface area is 162 Å². The van der Waals surface area contributed by atoms with Gasteiger partial charge in [-0.1, -0.05) is 116 Å². The fourth-order valence-corrected chi connectivity index (χ4v) is 4.42. The van der Waals surface area contributed by atoms with Crippen LogP contribution in [0.4, 0.5) is 0 Å². The van der Waals surface area contributed by atoms with Gasteiger partial charge in [-0.05, 0) is 41.5 Å². The van der Waals surface area contributed by atoms with Gasteiger partial charge in [0, 0.05) is 0 Å². The van der Waals surface area contributed by atoms with Crippen molar-refractivity contribution in [3.05, 3.63) is 131 Å². The molecule has 0 radical (unpaired) electrons.